The van der Waals surface area contributed by atoms with Gasteiger partial charge in [-0.25, -0.2) is 0 Å². The van der Waals surface area contributed by atoms with Crippen LogP contribution in [0.4, 0.5) is 0 Å². The third kappa shape index (κ3) is 2.13. The summed E-state index contributed by atoms with van der Waals surface area (Å²) in [5.74, 6) is 0.0850. The molecule has 0 saturated heterocycles. The molecule has 0 bridgehead atoms. The molecule has 116 valence electrons. The summed E-state index contributed by atoms with van der Waals surface area (Å²) in [6, 6.07) is 11.5. The van der Waals surface area contributed by atoms with Crippen LogP contribution in [0.5, 0.6) is 0 Å². The van der Waals surface area contributed by atoms with Gasteiger partial charge >= 0.3 is 0 Å². The number of likely N-dealkylation sites (N-methyl/N-ethyl adjacent to an activating group) is 1. The standard InChI is InChI=1S/C18H23N3O/c1-21-15-10-6-5-9-13(15)20-14-11-19-18(22)16(14)17(21)12-7-3-2-4-8-12/h2-4,7-8,13,15,17,20H,5-6,9-11H2,1H3,(H,19,22)/t13-,15-,17-/m1/s1. The van der Waals surface area contributed by atoms with Crippen LogP contribution in [0.1, 0.15) is 37.3 Å². The van der Waals surface area contributed by atoms with E-state index in [0.29, 0.717) is 18.6 Å². The van der Waals surface area contributed by atoms with Crippen molar-refractivity contribution in [3.05, 3.63) is 47.2 Å². The zero-order valence-electron chi connectivity index (χ0n) is 13.0. The van der Waals surface area contributed by atoms with Crippen LogP contribution < -0.4 is 10.6 Å². The summed E-state index contributed by atoms with van der Waals surface area (Å²) < 4.78 is 0. The molecule has 4 rings (SSSR count). The van der Waals surface area contributed by atoms with E-state index < -0.39 is 0 Å². The molecule has 3 aliphatic rings. The lowest BCUT2D eigenvalue weighted by molar-refractivity contribution is -0.117. The zero-order valence-corrected chi connectivity index (χ0v) is 13.0. The molecule has 22 heavy (non-hydrogen) atoms. The third-order valence-corrected chi connectivity index (χ3v) is 5.40. The van der Waals surface area contributed by atoms with Crippen LogP contribution in [-0.2, 0) is 4.79 Å². The Bertz CT molecular complexity index is 610. The number of carbonyl (C=O) groups is 1. The van der Waals surface area contributed by atoms with Crippen molar-refractivity contribution in [2.45, 2.75) is 43.8 Å². The van der Waals surface area contributed by atoms with Crippen LogP contribution in [0.2, 0.25) is 0 Å². The quantitative estimate of drug-likeness (QED) is 0.833. The summed E-state index contributed by atoms with van der Waals surface area (Å²) in [5, 5.41) is 6.70. The minimum absolute atomic E-state index is 0.0549. The molecular formula is C18H23N3O. The van der Waals surface area contributed by atoms with Crippen molar-refractivity contribution in [1.29, 1.82) is 0 Å². The van der Waals surface area contributed by atoms with E-state index in [2.05, 4.69) is 46.8 Å². The van der Waals surface area contributed by atoms with Gasteiger partial charge in [-0.15, -0.1) is 0 Å². The molecule has 0 unspecified atom stereocenters. The summed E-state index contributed by atoms with van der Waals surface area (Å²) in [4.78, 5) is 14.9. The van der Waals surface area contributed by atoms with Crippen molar-refractivity contribution in [3.8, 4) is 0 Å². The highest BCUT2D eigenvalue weighted by Crippen LogP contribution is 2.38. The van der Waals surface area contributed by atoms with E-state index >= 15 is 0 Å². The highest BCUT2D eigenvalue weighted by Gasteiger charge is 2.42. The molecule has 0 aromatic heterocycles. The van der Waals surface area contributed by atoms with E-state index in [1.807, 2.05) is 6.07 Å². The molecule has 1 aromatic carbocycles. The van der Waals surface area contributed by atoms with E-state index in [0.717, 1.165) is 11.3 Å². The van der Waals surface area contributed by atoms with Crippen LogP contribution in [0.25, 0.3) is 0 Å². The van der Waals surface area contributed by atoms with Crippen molar-refractivity contribution in [1.82, 2.24) is 15.5 Å². The van der Waals surface area contributed by atoms with Crippen molar-refractivity contribution >= 4 is 5.91 Å². The second-order valence-corrected chi connectivity index (χ2v) is 6.66. The van der Waals surface area contributed by atoms with E-state index in [1.54, 1.807) is 0 Å². The lowest BCUT2D eigenvalue weighted by Gasteiger charge is -2.40. The average molecular weight is 297 g/mol. The van der Waals surface area contributed by atoms with Gasteiger partial charge in [-0.05, 0) is 25.5 Å². The van der Waals surface area contributed by atoms with Crippen molar-refractivity contribution in [2.75, 3.05) is 13.6 Å². The molecule has 1 amide bonds. The Morgan fingerprint density at radius 3 is 2.73 bits per heavy atom. The fourth-order valence-corrected chi connectivity index (χ4v) is 4.34. The van der Waals surface area contributed by atoms with Gasteiger partial charge < -0.3 is 10.6 Å². The highest BCUT2D eigenvalue weighted by molar-refractivity contribution is 5.98. The van der Waals surface area contributed by atoms with Gasteiger partial charge in [-0.3, -0.25) is 9.69 Å². The number of nitrogens with one attached hydrogen (secondary N) is 2. The van der Waals surface area contributed by atoms with Gasteiger partial charge in [0.1, 0.15) is 0 Å². The lowest BCUT2D eigenvalue weighted by Crippen LogP contribution is -2.50. The predicted octanol–water partition coefficient (Wildman–Crippen LogP) is 1.96. The molecule has 4 nitrogen and oxygen atoms in total. The molecule has 0 spiro atoms. The largest absolute Gasteiger partial charge is 0.382 e. The van der Waals surface area contributed by atoms with E-state index in [4.69, 9.17) is 0 Å². The van der Waals surface area contributed by atoms with Gasteiger partial charge in [0.15, 0.2) is 0 Å². The number of benzene rings is 1. The van der Waals surface area contributed by atoms with Crippen LogP contribution in [-0.4, -0.2) is 36.5 Å². The van der Waals surface area contributed by atoms with Gasteiger partial charge in [0.25, 0.3) is 5.91 Å². The summed E-state index contributed by atoms with van der Waals surface area (Å²) in [5.41, 5.74) is 3.24. The van der Waals surface area contributed by atoms with Crippen molar-refractivity contribution in [3.63, 3.8) is 0 Å². The number of amides is 1. The first-order valence-corrected chi connectivity index (χ1v) is 8.30. The van der Waals surface area contributed by atoms with Crippen LogP contribution in [0.15, 0.2) is 41.6 Å². The monoisotopic (exact) mass is 297 g/mol. The minimum atomic E-state index is 0.0549. The molecule has 4 heteroatoms. The molecule has 3 atom stereocenters. The number of fused-ring (bicyclic) bond motifs is 1. The molecule has 2 heterocycles. The summed E-state index contributed by atoms with van der Waals surface area (Å²) in [6.45, 7) is 0.647. The van der Waals surface area contributed by atoms with Crippen molar-refractivity contribution in [2.24, 2.45) is 0 Å². The fraction of sp³-hybridized carbons (Fsp3) is 0.500. The van der Waals surface area contributed by atoms with Gasteiger partial charge in [-0.1, -0.05) is 43.2 Å². The number of rotatable bonds is 1. The molecular weight excluding hydrogens is 274 g/mol. The minimum Gasteiger partial charge on any atom is -0.382 e. The number of hydrogen-bond acceptors (Lipinski definition) is 3. The molecule has 1 fully saturated rings. The summed E-state index contributed by atoms with van der Waals surface area (Å²) in [6.07, 6.45) is 4.97. The Morgan fingerprint density at radius 1 is 1.14 bits per heavy atom. The van der Waals surface area contributed by atoms with Gasteiger partial charge in [-0.2, -0.15) is 0 Å². The Kier molecular flexibility index (Phi) is 3.41. The predicted molar refractivity (Wildman–Crippen MR) is 86.2 cm³/mol. The number of nitrogens with zero attached hydrogens (tertiary/aromatic N) is 1. The maximum Gasteiger partial charge on any atom is 0.251 e. The highest BCUT2D eigenvalue weighted by atomic mass is 16.2. The molecule has 2 aliphatic heterocycles. The van der Waals surface area contributed by atoms with Crippen molar-refractivity contribution < 1.29 is 4.79 Å². The van der Waals surface area contributed by atoms with Crippen LogP contribution in [0, 0.1) is 0 Å². The average Bonchev–Trinajstić information content (AvgIpc) is 2.84. The SMILES string of the molecule is CN1[C@@H]2CCCC[C@H]2NC2=C(C(=O)NC2)[C@H]1c1ccccc1. The van der Waals surface area contributed by atoms with Gasteiger partial charge in [0.05, 0.1) is 18.2 Å². The Hall–Kier alpha value is -1.81. The maximum atomic E-state index is 12.5. The van der Waals surface area contributed by atoms with Gasteiger partial charge in [0, 0.05) is 17.8 Å². The first-order valence-electron chi connectivity index (χ1n) is 8.30. The zero-order chi connectivity index (χ0) is 15.1. The summed E-state index contributed by atoms with van der Waals surface area (Å²) in [7, 11) is 2.18. The number of hydrogen-bond donors (Lipinski definition) is 2. The van der Waals surface area contributed by atoms with E-state index in [1.165, 1.54) is 31.2 Å². The Balaban J connectivity index is 1.81. The number of carbonyl (C=O) groups excluding carboxylic acids is 1. The normalized spacial score (nSPS) is 31.9. The smallest absolute Gasteiger partial charge is 0.251 e. The second-order valence-electron chi connectivity index (χ2n) is 6.66. The fourth-order valence-electron chi connectivity index (χ4n) is 4.34. The lowest BCUT2D eigenvalue weighted by atomic mass is 9.88. The summed E-state index contributed by atoms with van der Waals surface area (Å²) >= 11 is 0. The first-order chi connectivity index (χ1) is 10.8. The first kappa shape index (κ1) is 13.8. The van der Waals surface area contributed by atoms with Gasteiger partial charge in [0.2, 0.25) is 0 Å². The molecule has 1 saturated carbocycles. The maximum absolute atomic E-state index is 12.5. The van der Waals surface area contributed by atoms with E-state index in [-0.39, 0.29) is 11.9 Å². The second kappa shape index (κ2) is 5.43. The van der Waals surface area contributed by atoms with Crippen LogP contribution in [0.3, 0.4) is 0 Å². The Labute approximate surface area is 131 Å². The van der Waals surface area contributed by atoms with E-state index in [9.17, 15) is 4.79 Å². The topological polar surface area (TPSA) is 44.4 Å². The molecule has 1 aromatic rings. The molecule has 1 aliphatic carbocycles. The molecule has 0 radical (unpaired) electrons. The third-order valence-electron chi connectivity index (χ3n) is 5.40. The molecule has 2 N–H and O–H groups in total. The Morgan fingerprint density at radius 2 is 1.91 bits per heavy atom. The van der Waals surface area contributed by atoms with Crippen LogP contribution >= 0.6 is 0 Å².